The highest BCUT2D eigenvalue weighted by Crippen LogP contribution is 2.12. The van der Waals surface area contributed by atoms with Crippen molar-refractivity contribution in [1.29, 1.82) is 0 Å². The van der Waals surface area contributed by atoms with Crippen LogP contribution in [0.1, 0.15) is 84.0 Å². The van der Waals surface area contributed by atoms with Gasteiger partial charge in [-0.25, -0.2) is 0 Å². The molecule has 0 rings (SSSR count). The summed E-state index contributed by atoms with van der Waals surface area (Å²) in [7, 11) is -2.06. The minimum absolute atomic E-state index is 0.173. The number of carbonyl (C=O) groups is 1. The molecule has 0 radical (unpaired) electrons. The molecule has 6 heteroatoms. The lowest BCUT2D eigenvalue weighted by Crippen LogP contribution is -2.23. The van der Waals surface area contributed by atoms with Crippen molar-refractivity contribution in [3.8, 4) is 0 Å². The highest BCUT2D eigenvalue weighted by atomic mass is 32.2. The van der Waals surface area contributed by atoms with E-state index < -0.39 is 16.1 Å². The van der Waals surface area contributed by atoms with Crippen molar-refractivity contribution in [1.82, 2.24) is 5.32 Å². The lowest BCUT2D eigenvalue weighted by molar-refractivity contribution is -0.133. The lowest BCUT2D eigenvalue weighted by atomic mass is 10.1. The zero-order valence-corrected chi connectivity index (χ0v) is 15.8. The Morgan fingerprint density at radius 1 is 0.870 bits per heavy atom. The van der Waals surface area contributed by atoms with E-state index in [1.54, 1.807) is 7.05 Å². The highest BCUT2D eigenvalue weighted by molar-refractivity contribution is 7.87. The van der Waals surface area contributed by atoms with E-state index in [0.717, 1.165) is 12.8 Å². The Morgan fingerprint density at radius 2 is 1.35 bits per heavy atom. The maximum atomic E-state index is 11.5. The summed E-state index contributed by atoms with van der Waals surface area (Å²) in [6, 6.07) is 0. The molecule has 0 aliphatic rings. The molecule has 0 aliphatic carbocycles. The van der Waals surface area contributed by atoms with Gasteiger partial charge in [0.15, 0.2) is 0 Å². The van der Waals surface area contributed by atoms with Gasteiger partial charge in [-0.1, -0.05) is 71.1 Å². The van der Waals surface area contributed by atoms with Crippen LogP contribution in [0.25, 0.3) is 0 Å². The van der Waals surface area contributed by atoms with Crippen LogP contribution in [0.3, 0.4) is 0 Å². The summed E-state index contributed by atoms with van der Waals surface area (Å²) in [5, 5.41) is 2.72. The van der Waals surface area contributed by atoms with Gasteiger partial charge in [0.05, 0.1) is 5.75 Å². The molecule has 0 atom stereocenters. The van der Waals surface area contributed by atoms with Crippen LogP contribution >= 0.6 is 0 Å². The van der Waals surface area contributed by atoms with Crippen LogP contribution in [0.2, 0.25) is 0 Å². The van der Waals surface area contributed by atoms with E-state index in [1.807, 2.05) is 0 Å². The maximum absolute atomic E-state index is 11.5. The maximum Gasteiger partial charge on any atom is 0.322 e. The normalized spacial score (nSPS) is 11.6. The average molecular weight is 350 g/mol. The van der Waals surface area contributed by atoms with Gasteiger partial charge in [0.25, 0.3) is 0 Å². The molecule has 0 bridgehead atoms. The van der Waals surface area contributed by atoms with Gasteiger partial charge in [0.2, 0.25) is 0 Å². The number of hydrogen-bond acceptors (Lipinski definition) is 5. The molecule has 0 amide bonds. The Kier molecular flexibility index (Phi) is 14.5. The van der Waals surface area contributed by atoms with Crippen LogP contribution in [-0.4, -0.2) is 33.7 Å². The van der Waals surface area contributed by atoms with E-state index in [1.165, 1.54) is 51.4 Å². The van der Waals surface area contributed by atoms with Crippen molar-refractivity contribution in [2.24, 2.45) is 0 Å². The predicted molar refractivity (Wildman–Crippen MR) is 94.9 cm³/mol. The number of rotatable bonds is 16. The molecule has 23 heavy (non-hydrogen) atoms. The number of carbonyl (C=O) groups excluding carboxylic acids is 1. The van der Waals surface area contributed by atoms with E-state index >= 15 is 0 Å². The summed E-state index contributed by atoms with van der Waals surface area (Å²) in [4.78, 5) is 11.5. The first kappa shape index (κ1) is 22.4. The topological polar surface area (TPSA) is 72.5 Å². The highest BCUT2D eigenvalue weighted by Gasteiger charge is 2.15. The van der Waals surface area contributed by atoms with E-state index in [-0.39, 0.29) is 18.7 Å². The van der Waals surface area contributed by atoms with Gasteiger partial charge in [-0.05, 0) is 13.5 Å². The standard InChI is InChI=1S/C17H35NO4S/c1-3-4-5-6-7-8-9-10-11-12-13-14-17(19)22-23(20,21)16-15-18-2/h18H,3-16H2,1-2H3. The van der Waals surface area contributed by atoms with E-state index in [2.05, 4.69) is 16.4 Å². The van der Waals surface area contributed by atoms with Crippen molar-refractivity contribution < 1.29 is 17.4 Å². The Bertz CT molecular complexity index is 382. The van der Waals surface area contributed by atoms with Crippen LogP contribution in [-0.2, 0) is 19.1 Å². The van der Waals surface area contributed by atoms with Crippen molar-refractivity contribution in [3.05, 3.63) is 0 Å². The zero-order valence-electron chi connectivity index (χ0n) is 14.9. The molecule has 0 aromatic rings. The molecular weight excluding hydrogens is 314 g/mol. The van der Waals surface area contributed by atoms with Crippen LogP contribution in [0.5, 0.6) is 0 Å². The molecule has 0 unspecified atom stereocenters. The smallest absolute Gasteiger partial charge is 0.322 e. The predicted octanol–water partition coefficient (Wildman–Crippen LogP) is 3.78. The van der Waals surface area contributed by atoms with Gasteiger partial charge in [-0.3, -0.25) is 4.79 Å². The number of nitrogens with one attached hydrogen (secondary N) is 1. The molecule has 0 aliphatic heterocycles. The Labute approximate surface area is 142 Å². The summed E-state index contributed by atoms with van der Waals surface area (Å²) in [5.41, 5.74) is 0. The van der Waals surface area contributed by atoms with Crippen LogP contribution in [0, 0.1) is 0 Å². The molecular formula is C17H35NO4S. The van der Waals surface area contributed by atoms with Crippen LogP contribution in [0.4, 0.5) is 0 Å². The molecule has 0 saturated carbocycles. The minimum atomic E-state index is -3.72. The summed E-state index contributed by atoms with van der Waals surface area (Å²) in [6.45, 7) is 2.52. The molecule has 0 saturated heterocycles. The fourth-order valence-electron chi connectivity index (χ4n) is 2.39. The first-order valence-electron chi connectivity index (χ1n) is 9.11. The van der Waals surface area contributed by atoms with E-state index in [9.17, 15) is 13.2 Å². The molecule has 0 spiro atoms. The number of unbranched alkanes of at least 4 members (excludes halogenated alkanes) is 10. The summed E-state index contributed by atoms with van der Waals surface area (Å²) in [5.74, 6) is -0.801. The van der Waals surface area contributed by atoms with E-state index in [4.69, 9.17) is 0 Å². The SMILES string of the molecule is CCCCCCCCCCCCCC(=O)OS(=O)(=O)CCNC. The summed E-state index contributed by atoms with van der Waals surface area (Å²) in [6.07, 6.45) is 13.4. The second-order valence-corrected chi connectivity index (χ2v) is 7.80. The van der Waals surface area contributed by atoms with Crippen molar-refractivity contribution >= 4 is 16.1 Å². The molecule has 1 N–H and O–H groups in total. The van der Waals surface area contributed by atoms with Crippen molar-refractivity contribution in [2.75, 3.05) is 19.3 Å². The molecule has 0 heterocycles. The Morgan fingerprint density at radius 3 is 1.83 bits per heavy atom. The van der Waals surface area contributed by atoms with Gasteiger partial charge in [-0.15, -0.1) is 0 Å². The monoisotopic (exact) mass is 349 g/mol. The fourth-order valence-corrected chi connectivity index (χ4v) is 3.29. The van der Waals surface area contributed by atoms with Gasteiger partial charge in [0, 0.05) is 13.0 Å². The molecule has 0 fully saturated rings. The van der Waals surface area contributed by atoms with Crippen molar-refractivity contribution in [2.45, 2.75) is 84.0 Å². The lowest BCUT2D eigenvalue weighted by Gasteiger charge is -2.05. The molecule has 138 valence electrons. The first-order valence-corrected chi connectivity index (χ1v) is 10.7. The van der Waals surface area contributed by atoms with Crippen molar-refractivity contribution in [3.63, 3.8) is 0 Å². The van der Waals surface area contributed by atoms with Gasteiger partial charge in [0.1, 0.15) is 0 Å². The third-order valence-electron chi connectivity index (χ3n) is 3.81. The largest absolute Gasteiger partial charge is 0.346 e. The van der Waals surface area contributed by atoms with E-state index in [0.29, 0.717) is 6.42 Å². The second kappa shape index (κ2) is 14.9. The molecule has 0 aromatic carbocycles. The average Bonchev–Trinajstić information content (AvgIpc) is 2.50. The van der Waals surface area contributed by atoms with Gasteiger partial charge in [-0.2, -0.15) is 8.42 Å². The second-order valence-electron chi connectivity index (χ2n) is 6.11. The number of hydrogen-bond donors (Lipinski definition) is 1. The first-order chi connectivity index (χ1) is 11.0. The third-order valence-corrected chi connectivity index (χ3v) is 4.95. The fraction of sp³-hybridized carbons (Fsp3) is 0.941. The van der Waals surface area contributed by atoms with Gasteiger partial charge >= 0.3 is 16.1 Å². The molecule has 0 aromatic heterocycles. The Hall–Kier alpha value is -0.620. The summed E-state index contributed by atoms with van der Waals surface area (Å²) < 4.78 is 27.4. The van der Waals surface area contributed by atoms with Crippen LogP contribution < -0.4 is 5.32 Å². The minimum Gasteiger partial charge on any atom is -0.346 e. The summed E-state index contributed by atoms with van der Waals surface area (Å²) >= 11 is 0. The zero-order chi connectivity index (χ0) is 17.4. The Balaban J connectivity index is 3.42. The quantitative estimate of drug-likeness (QED) is 0.339. The third kappa shape index (κ3) is 16.0. The van der Waals surface area contributed by atoms with Gasteiger partial charge < -0.3 is 9.50 Å². The van der Waals surface area contributed by atoms with Crippen LogP contribution in [0.15, 0.2) is 0 Å². The molecule has 5 nitrogen and oxygen atoms in total.